The van der Waals surface area contributed by atoms with Crippen LogP contribution in [0.3, 0.4) is 0 Å². The molecule has 0 aliphatic carbocycles. The van der Waals surface area contributed by atoms with Gasteiger partial charge in [-0.25, -0.2) is 9.18 Å². The number of nitrogens with one attached hydrogen (secondary N) is 2. The van der Waals surface area contributed by atoms with E-state index >= 15 is 0 Å². The van der Waals surface area contributed by atoms with Gasteiger partial charge in [0.25, 0.3) is 0 Å². The summed E-state index contributed by atoms with van der Waals surface area (Å²) in [6, 6.07) is 13.1. The lowest BCUT2D eigenvalue weighted by Crippen LogP contribution is -2.46. The zero-order chi connectivity index (χ0) is 16.9. The van der Waals surface area contributed by atoms with Gasteiger partial charge in [0.2, 0.25) is 5.91 Å². The van der Waals surface area contributed by atoms with E-state index in [-0.39, 0.29) is 24.2 Å². The lowest BCUT2D eigenvalue weighted by Gasteiger charge is -2.27. The van der Waals surface area contributed by atoms with Crippen molar-refractivity contribution in [3.8, 4) is 0 Å². The highest BCUT2D eigenvalue weighted by molar-refractivity contribution is 5.94. The molecular formula is C18H18FN3O2. The Morgan fingerprint density at radius 2 is 1.92 bits per heavy atom. The molecule has 0 spiro atoms. The van der Waals surface area contributed by atoms with E-state index in [0.29, 0.717) is 24.3 Å². The molecule has 0 unspecified atom stereocenters. The molecule has 2 aromatic rings. The molecule has 3 amide bonds. The molecule has 6 heteroatoms. The second kappa shape index (κ2) is 7.12. The van der Waals surface area contributed by atoms with Crippen LogP contribution in [0.1, 0.15) is 12.0 Å². The van der Waals surface area contributed by atoms with E-state index in [2.05, 4.69) is 10.6 Å². The summed E-state index contributed by atoms with van der Waals surface area (Å²) in [6.07, 6.45) is 0.871. The van der Waals surface area contributed by atoms with E-state index < -0.39 is 0 Å². The van der Waals surface area contributed by atoms with E-state index in [4.69, 9.17) is 0 Å². The molecule has 1 heterocycles. The lowest BCUT2D eigenvalue weighted by molar-refractivity contribution is -0.115. The fourth-order valence-corrected chi connectivity index (χ4v) is 2.62. The Hall–Kier alpha value is -2.89. The SMILES string of the molecule is O=C(Cc1ccccc1F)Nc1ccc(N2CCCNC2=O)cc1. The van der Waals surface area contributed by atoms with Crippen LogP contribution in [0.2, 0.25) is 0 Å². The quantitative estimate of drug-likeness (QED) is 0.907. The minimum atomic E-state index is -0.390. The van der Waals surface area contributed by atoms with Crippen molar-refractivity contribution in [3.05, 3.63) is 59.9 Å². The summed E-state index contributed by atoms with van der Waals surface area (Å²) in [4.78, 5) is 25.5. The normalized spacial score (nSPS) is 14.2. The first-order chi connectivity index (χ1) is 11.6. The Kier molecular flexibility index (Phi) is 4.74. The summed E-state index contributed by atoms with van der Waals surface area (Å²) in [5, 5.41) is 5.53. The Bertz CT molecular complexity index is 746. The second-order valence-corrected chi connectivity index (χ2v) is 5.60. The van der Waals surface area contributed by atoms with Crippen molar-refractivity contribution in [2.75, 3.05) is 23.3 Å². The molecule has 0 aromatic heterocycles. The molecular weight excluding hydrogens is 309 g/mol. The van der Waals surface area contributed by atoms with Crippen LogP contribution >= 0.6 is 0 Å². The molecule has 0 bridgehead atoms. The van der Waals surface area contributed by atoms with E-state index in [0.717, 1.165) is 12.1 Å². The third-order valence-electron chi connectivity index (χ3n) is 3.85. The van der Waals surface area contributed by atoms with E-state index in [1.165, 1.54) is 6.07 Å². The number of benzene rings is 2. The summed E-state index contributed by atoms with van der Waals surface area (Å²) in [7, 11) is 0. The van der Waals surface area contributed by atoms with E-state index in [1.807, 2.05) is 0 Å². The van der Waals surface area contributed by atoms with Crippen LogP contribution in [0.25, 0.3) is 0 Å². The standard InChI is InChI=1S/C18H18FN3O2/c19-16-5-2-1-4-13(16)12-17(23)21-14-6-8-15(9-7-14)22-11-3-10-20-18(22)24/h1-2,4-9H,3,10-12H2,(H,20,24)(H,21,23). The second-order valence-electron chi connectivity index (χ2n) is 5.60. The van der Waals surface area contributed by atoms with Crippen LogP contribution in [0.15, 0.2) is 48.5 Å². The molecule has 2 aromatic carbocycles. The fraction of sp³-hybridized carbons (Fsp3) is 0.222. The van der Waals surface area contributed by atoms with Gasteiger partial charge < -0.3 is 10.6 Å². The average Bonchev–Trinajstić information content (AvgIpc) is 2.58. The Morgan fingerprint density at radius 1 is 1.17 bits per heavy atom. The van der Waals surface area contributed by atoms with Crippen LogP contribution in [0.5, 0.6) is 0 Å². The van der Waals surface area contributed by atoms with Gasteiger partial charge in [-0.2, -0.15) is 0 Å². The summed E-state index contributed by atoms with van der Waals surface area (Å²) >= 11 is 0. The van der Waals surface area contributed by atoms with Crippen LogP contribution in [0.4, 0.5) is 20.6 Å². The van der Waals surface area contributed by atoms with Gasteiger partial charge in [-0.1, -0.05) is 18.2 Å². The molecule has 0 radical (unpaired) electrons. The van der Waals surface area contributed by atoms with Crippen molar-refractivity contribution >= 4 is 23.3 Å². The number of hydrogen-bond donors (Lipinski definition) is 2. The highest BCUT2D eigenvalue weighted by Gasteiger charge is 2.18. The van der Waals surface area contributed by atoms with Crippen LogP contribution in [0, 0.1) is 5.82 Å². The third kappa shape index (κ3) is 3.71. The number of amides is 3. The van der Waals surface area contributed by atoms with Crippen molar-refractivity contribution in [1.82, 2.24) is 5.32 Å². The zero-order valence-corrected chi connectivity index (χ0v) is 13.1. The van der Waals surface area contributed by atoms with Gasteiger partial charge in [-0.15, -0.1) is 0 Å². The average molecular weight is 327 g/mol. The number of carbonyl (C=O) groups is 2. The minimum Gasteiger partial charge on any atom is -0.338 e. The maximum Gasteiger partial charge on any atom is 0.321 e. The van der Waals surface area contributed by atoms with Crippen molar-refractivity contribution in [1.29, 1.82) is 0 Å². The molecule has 1 aliphatic heterocycles. The first-order valence-electron chi connectivity index (χ1n) is 7.82. The predicted molar refractivity (Wildman–Crippen MR) is 90.5 cm³/mol. The van der Waals surface area contributed by atoms with Crippen molar-refractivity contribution in [2.24, 2.45) is 0 Å². The molecule has 124 valence electrons. The first kappa shape index (κ1) is 16.0. The summed E-state index contributed by atoms with van der Waals surface area (Å²) in [6.45, 7) is 1.37. The topological polar surface area (TPSA) is 61.4 Å². The van der Waals surface area contributed by atoms with Gasteiger partial charge in [0.05, 0.1) is 6.42 Å². The predicted octanol–water partition coefficient (Wildman–Crippen LogP) is 2.93. The van der Waals surface area contributed by atoms with Crippen molar-refractivity contribution < 1.29 is 14.0 Å². The van der Waals surface area contributed by atoms with Gasteiger partial charge in [-0.3, -0.25) is 9.69 Å². The highest BCUT2D eigenvalue weighted by atomic mass is 19.1. The van der Waals surface area contributed by atoms with Gasteiger partial charge in [-0.05, 0) is 42.3 Å². The maximum atomic E-state index is 13.6. The molecule has 3 rings (SSSR count). The molecule has 5 nitrogen and oxygen atoms in total. The van der Waals surface area contributed by atoms with Gasteiger partial charge in [0.15, 0.2) is 0 Å². The van der Waals surface area contributed by atoms with Crippen LogP contribution in [-0.4, -0.2) is 25.0 Å². The summed E-state index contributed by atoms with van der Waals surface area (Å²) in [5.74, 6) is -0.678. The van der Waals surface area contributed by atoms with Gasteiger partial charge in [0, 0.05) is 24.5 Å². The highest BCUT2D eigenvalue weighted by Crippen LogP contribution is 2.20. The minimum absolute atomic E-state index is 0.0248. The number of nitrogens with zero attached hydrogens (tertiary/aromatic N) is 1. The number of anilines is 2. The molecule has 1 aliphatic rings. The van der Waals surface area contributed by atoms with Gasteiger partial charge in [0.1, 0.15) is 5.82 Å². The van der Waals surface area contributed by atoms with E-state index in [9.17, 15) is 14.0 Å². The zero-order valence-electron chi connectivity index (χ0n) is 13.1. The fourth-order valence-electron chi connectivity index (χ4n) is 2.62. The smallest absolute Gasteiger partial charge is 0.321 e. The lowest BCUT2D eigenvalue weighted by atomic mass is 10.1. The number of urea groups is 1. The number of carbonyl (C=O) groups excluding carboxylic acids is 2. The van der Waals surface area contributed by atoms with E-state index in [1.54, 1.807) is 47.4 Å². The number of rotatable bonds is 4. The molecule has 1 saturated heterocycles. The Morgan fingerprint density at radius 3 is 2.62 bits per heavy atom. The van der Waals surface area contributed by atoms with Gasteiger partial charge >= 0.3 is 6.03 Å². The van der Waals surface area contributed by atoms with Crippen LogP contribution < -0.4 is 15.5 Å². The third-order valence-corrected chi connectivity index (χ3v) is 3.85. The summed E-state index contributed by atoms with van der Waals surface area (Å²) < 4.78 is 13.6. The van der Waals surface area contributed by atoms with Crippen molar-refractivity contribution in [3.63, 3.8) is 0 Å². The monoisotopic (exact) mass is 327 g/mol. The first-order valence-corrected chi connectivity index (χ1v) is 7.82. The Labute approximate surface area is 139 Å². The molecule has 0 saturated carbocycles. The van der Waals surface area contributed by atoms with Crippen LogP contribution in [-0.2, 0) is 11.2 Å². The molecule has 1 fully saturated rings. The molecule has 0 atom stereocenters. The van der Waals surface area contributed by atoms with Crippen molar-refractivity contribution in [2.45, 2.75) is 12.8 Å². The largest absolute Gasteiger partial charge is 0.338 e. The maximum absolute atomic E-state index is 13.6. The molecule has 2 N–H and O–H groups in total. The number of hydrogen-bond acceptors (Lipinski definition) is 2. The molecule has 24 heavy (non-hydrogen) atoms. The Balaban J connectivity index is 1.62. The summed E-state index contributed by atoms with van der Waals surface area (Å²) in [5.41, 5.74) is 1.74. The number of halogens is 1.